The van der Waals surface area contributed by atoms with E-state index in [2.05, 4.69) is 19.1 Å². The number of ether oxygens (including phenoxy) is 3. The first-order valence-corrected chi connectivity index (χ1v) is 9.86. The van der Waals surface area contributed by atoms with Crippen LogP contribution >= 0.6 is 0 Å². The molecule has 0 saturated heterocycles. The Morgan fingerprint density at radius 3 is 2.86 bits per heavy atom. The van der Waals surface area contributed by atoms with E-state index in [4.69, 9.17) is 19.2 Å². The quantitative estimate of drug-likeness (QED) is 0.521. The Balaban J connectivity index is 1.72. The predicted octanol–water partition coefficient (Wildman–Crippen LogP) is 4.25. The molecule has 6 nitrogen and oxygen atoms in total. The van der Waals surface area contributed by atoms with Crippen LogP contribution in [0.1, 0.15) is 43.2 Å². The van der Waals surface area contributed by atoms with Crippen molar-refractivity contribution >= 4 is 16.5 Å². The summed E-state index contributed by atoms with van der Waals surface area (Å²) < 4.78 is 18.5. The highest BCUT2D eigenvalue weighted by Crippen LogP contribution is 2.38. The van der Waals surface area contributed by atoms with Crippen LogP contribution in [-0.2, 0) is 16.0 Å². The van der Waals surface area contributed by atoms with E-state index in [9.17, 15) is 4.79 Å². The first-order chi connectivity index (χ1) is 14.1. The molecule has 2 aliphatic heterocycles. The van der Waals surface area contributed by atoms with Gasteiger partial charge in [0.25, 0.3) is 5.56 Å². The Morgan fingerprint density at radius 1 is 1.24 bits per heavy atom. The summed E-state index contributed by atoms with van der Waals surface area (Å²) in [6.07, 6.45) is 1.82. The van der Waals surface area contributed by atoms with Gasteiger partial charge in [-0.2, -0.15) is 0 Å². The molecule has 1 atom stereocenters. The minimum Gasteiger partial charge on any atom is -0.497 e. The lowest BCUT2D eigenvalue weighted by Gasteiger charge is -2.26. The van der Waals surface area contributed by atoms with Gasteiger partial charge in [-0.05, 0) is 54.8 Å². The molecule has 0 radical (unpaired) electrons. The number of methoxy groups -OCH3 is 1. The van der Waals surface area contributed by atoms with Crippen LogP contribution in [0.15, 0.2) is 41.4 Å². The van der Waals surface area contributed by atoms with Gasteiger partial charge in [-0.1, -0.05) is 6.92 Å². The molecule has 2 aromatic heterocycles. The number of rotatable bonds is 4. The van der Waals surface area contributed by atoms with Crippen LogP contribution < -0.4 is 10.3 Å². The fraction of sp³-hybridized carbons (Fsp3) is 0.304. The number of aromatic nitrogens is 2. The van der Waals surface area contributed by atoms with Gasteiger partial charge in [0, 0.05) is 17.6 Å². The lowest BCUT2D eigenvalue weighted by molar-refractivity contribution is -0.109. The van der Waals surface area contributed by atoms with Crippen molar-refractivity contribution in [3.8, 4) is 17.1 Å². The normalized spacial score (nSPS) is 16.7. The van der Waals surface area contributed by atoms with Gasteiger partial charge in [-0.3, -0.25) is 4.79 Å². The molecule has 29 heavy (non-hydrogen) atoms. The zero-order valence-corrected chi connectivity index (χ0v) is 16.7. The highest BCUT2D eigenvalue weighted by atomic mass is 16.7. The van der Waals surface area contributed by atoms with Crippen LogP contribution in [0.25, 0.3) is 27.9 Å². The standard InChI is InChI=1S/C23H22N2O4/c1-4-13-12-29-23(28-5-2)20-17(13)10-19-21-15(11-25(19)22(20)26)8-14-9-16(27-3)6-7-18(14)24-21/h6-10,12,23H,4-5,11H2,1-3H3. The molecule has 0 saturated carbocycles. The summed E-state index contributed by atoms with van der Waals surface area (Å²) in [5.41, 5.74) is 6.01. The number of nitrogens with zero attached hydrogens (tertiary/aromatic N) is 2. The van der Waals surface area contributed by atoms with Crippen LogP contribution in [0.2, 0.25) is 0 Å². The van der Waals surface area contributed by atoms with Crippen molar-refractivity contribution in [2.75, 3.05) is 13.7 Å². The van der Waals surface area contributed by atoms with Crippen LogP contribution in [0, 0.1) is 0 Å². The van der Waals surface area contributed by atoms with Crippen molar-refractivity contribution in [2.45, 2.75) is 33.1 Å². The number of pyridine rings is 2. The molecule has 6 heteroatoms. The summed E-state index contributed by atoms with van der Waals surface area (Å²) in [6, 6.07) is 9.98. The molecule has 0 aliphatic carbocycles. The summed E-state index contributed by atoms with van der Waals surface area (Å²) in [5.74, 6) is 0.789. The minimum absolute atomic E-state index is 0.0744. The molecule has 0 N–H and O–H groups in total. The van der Waals surface area contributed by atoms with Gasteiger partial charge in [-0.25, -0.2) is 4.98 Å². The van der Waals surface area contributed by atoms with E-state index in [0.29, 0.717) is 18.7 Å². The van der Waals surface area contributed by atoms with Gasteiger partial charge in [-0.15, -0.1) is 0 Å². The van der Waals surface area contributed by atoms with E-state index in [0.717, 1.165) is 51.2 Å². The highest BCUT2D eigenvalue weighted by molar-refractivity contribution is 5.86. The topological polar surface area (TPSA) is 62.6 Å². The number of benzene rings is 1. The molecule has 1 aromatic carbocycles. The monoisotopic (exact) mass is 390 g/mol. The first kappa shape index (κ1) is 17.9. The maximum absolute atomic E-state index is 13.4. The van der Waals surface area contributed by atoms with E-state index in [1.165, 1.54) is 0 Å². The van der Waals surface area contributed by atoms with E-state index < -0.39 is 6.29 Å². The van der Waals surface area contributed by atoms with Gasteiger partial charge >= 0.3 is 0 Å². The average molecular weight is 390 g/mol. The third-order valence-electron chi connectivity index (χ3n) is 5.62. The SMILES string of the molecule is CCOC1OC=C(CC)c2cc3n(c(=O)c21)Cc1cc2cc(OC)ccc2nc1-3. The fourth-order valence-corrected chi connectivity index (χ4v) is 4.17. The van der Waals surface area contributed by atoms with Crippen LogP contribution in [0.4, 0.5) is 0 Å². The summed E-state index contributed by atoms with van der Waals surface area (Å²) in [4.78, 5) is 18.3. The second kappa shape index (κ2) is 6.74. The second-order valence-electron chi connectivity index (χ2n) is 7.22. The summed E-state index contributed by atoms with van der Waals surface area (Å²) in [6.45, 7) is 4.90. The Labute approximate surface area is 168 Å². The molecule has 1 unspecified atom stereocenters. The van der Waals surface area contributed by atoms with Gasteiger partial charge in [0.05, 0.1) is 42.4 Å². The lowest BCUT2D eigenvalue weighted by Crippen LogP contribution is -2.29. The van der Waals surface area contributed by atoms with Crippen molar-refractivity contribution in [1.29, 1.82) is 0 Å². The summed E-state index contributed by atoms with van der Waals surface area (Å²) in [5, 5.41) is 0.999. The van der Waals surface area contributed by atoms with Crippen LogP contribution in [0.3, 0.4) is 0 Å². The zero-order valence-electron chi connectivity index (χ0n) is 16.7. The molecule has 2 aliphatic rings. The van der Waals surface area contributed by atoms with E-state index >= 15 is 0 Å². The molecule has 5 rings (SSSR count). The molecule has 148 valence electrons. The average Bonchev–Trinajstić information content (AvgIpc) is 3.10. The van der Waals surface area contributed by atoms with E-state index in [-0.39, 0.29) is 5.56 Å². The molecule has 0 bridgehead atoms. The van der Waals surface area contributed by atoms with Crippen molar-refractivity contribution in [3.63, 3.8) is 0 Å². The highest BCUT2D eigenvalue weighted by Gasteiger charge is 2.32. The Kier molecular flexibility index (Phi) is 4.17. The first-order valence-electron chi connectivity index (χ1n) is 9.86. The second-order valence-corrected chi connectivity index (χ2v) is 7.22. The summed E-state index contributed by atoms with van der Waals surface area (Å²) in [7, 11) is 1.65. The predicted molar refractivity (Wildman–Crippen MR) is 111 cm³/mol. The minimum atomic E-state index is -0.671. The molecule has 0 amide bonds. The molecule has 3 aromatic rings. The zero-order chi connectivity index (χ0) is 20.1. The molecule has 4 heterocycles. The largest absolute Gasteiger partial charge is 0.497 e. The fourth-order valence-electron chi connectivity index (χ4n) is 4.17. The van der Waals surface area contributed by atoms with Gasteiger partial charge in [0.15, 0.2) is 0 Å². The number of hydrogen-bond donors (Lipinski definition) is 0. The smallest absolute Gasteiger partial charge is 0.261 e. The molecular formula is C23H22N2O4. The maximum Gasteiger partial charge on any atom is 0.261 e. The van der Waals surface area contributed by atoms with Crippen molar-refractivity contribution in [2.24, 2.45) is 0 Å². The van der Waals surface area contributed by atoms with Crippen molar-refractivity contribution in [1.82, 2.24) is 9.55 Å². The molecular weight excluding hydrogens is 368 g/mol. The van der Waals surface area contributed by atoms with E-state index in [1.807, 2.05) is 25.1 Å². The Hall–Kier alpha value is -3.12. The Bertz CT molecular complexity index is 1230. The van der Waals surface area contributed by atoms with E-state index in [1.54, 1.807) is 17.9 Å². The maximum atomic E-state index is 13.4. The van der Waals surface area contributed by atoms with Crippen molar-refractivity contribution in [3.05, 3.63) is 63.6 Å². The lowest BCUT2D eigenvalue weighted by atomic mass is 9.96. The molecule has 0 spiro atoms. The number of allylic oxidation sites excluding steroid dienone is 1. The third kappa shape index (κ3) is 2.67. The number of fused-ring (bicyclic) bond motifs is 5. The van der Waals surface area contributed by atoms with Crippen molar-refractivity contribution < 1.29 is 14.2 Å². The van der Waals surface area contributed by atoms with Gasteiger partial charge in [0.2, 0.25) is 6.29 Å². The molecule has 0 fully saturated rings. The van der Waals surface area contributed by atoms with Gasteiger partial charge in [0.1, 0.15) is 5.75 Å². The van der Waals surface area contributed by atoms with Gasteiger partial charge < -0.3 is 18.8 Å². The third-order valence-corrected chi connectivity index (χ3v) is 5.62. The summed E-state index contributed by atoms with van der Waals surface area (Å²) >= 11 is 0. The van der Waals surface area contributed by atoms with Crippen LogP contribution in [0.5, 0.6) is 5.75 Å². The van der Waals surface area contributed by atoms with Crippen LogP contribution in [-0.4, -0.2) is 23.3 Å². The Morgan fingerprint density at radius 2 is 2.10 bits per heavy atom. The number of hydrogen-bond acceptors (Lipinski definition) is 5.